The fourth-order valence-corrected chi connectivity index (χ4v) is 7.29. The van der Waals surface area contributed by atoms with Crippen molar-refractivity contribution in [1.82, 2.24) is 30.2 Å². The van der Waals surface area contributed by atoms with Gasteiger partial charge in [0.2, 0.25) is 0 Å². The summed E-state index contributed by atoms with van der Waals surface area (Å²) in [6.45, 7) is 14.7. The lowest BCUT2D eigenvalue weighted by Gasteiger charge is -2.46. The predicted octanol–water partition coefficient (Wildman–Crippen LogP) is 7.35. The topological polar surface area (TPSA) is 124 Å². The van der Waals surface area contributed by atoms with Crippen molar-refractivity contribution in [3.63, 3.8) is 0 Å². The number of esters is 1. The summed E-state index contributed by atoms with van der Waals surface area (Å²) >= 11 is 0. The van der Waals surface area contributed by atoms with Gasteiger partial charge in [0.15, 0.2) is 0 Å². The molecule has 2 heterocycles. The first-order valence-electron chi connectivity index (χ1n) is 20.2. The van der Waals surface area contributed by atoms with Gasteiger partial charge < -0.3 is 29.9 Å². The maximum atomic E-state index is 15.4. The van der Waals surface area contributed by atoms with Crippen LogP contribution in [0.25, 0.3) is 0 Å². The number of allylic oxidation sites excluding steroid dienone is 1. The van der Waals surface area contributed by atoms with Gasteiger partial charge in [0.25, 0.3) is 11.8 Å². The highest BCUT2D eigenvalue weighted by molar-refractivity contribution is 5.96. The first kappa shape index (κ1) is 46.2. The highest BCUT2D eigenvalue weighted by atomic mass is 19.4. The Kier molecular flexibility index (Phi) is 15.2. The van der Waals surface area contributed by atoms with Crippen LogP contribution < -0.4 is 10.6 Å². The van der Waals surface area contributed by atoms with Gasteiger partial charge in [-0.15, -0.1) is 0 Å². The molecule has 0 aromatic heterocycles. The maximum Gasteiger partial charge on any atom is 0.416 e. The number of alkyl halides is 3. The van der Waals surface area contributed by atoms with Gasteiger partial charge in [-0.1, -0.05) is 55.1 Å². The Bertz CT molecular complexity index is 2100. The zero-order chi connectivity index (χ0) is 44.5. The van der Waals surface area contributed by atoms with Crippen molar-refractivity contribution in [2.45, 2.75) is 78.4 Å². The van der Waals surface area contributed by atoms with E-state index >= 15 is 4.39 Å². The Morgan fingerprint density at radius 3 is 2.25 bits per heavy atom. The van der Waals surface area contributed by atoms with Gasteiger partial charge in [-0.3, -0.25) is 24.2 Å². The van der Waals surface area contributed by atoms with Gasteiger partial charge >= 0.3 is 18.2 Å². The average Bonchev–Trinajstić information content (AvgIpc) is 3.20. The molecule has 5 rings (SSSR count). The van der Waals surface area contributed by atoms with Gasteiger partial charge in [0.05, 0.1) is 31.3 Å². The molecule has 0 radical (unpaired) electrons. The average molecular weight is 851 g/mol. The molecule has 3 amide bonds. The van der Waals surface area contributed by atoms with E-state index in [0.717, 1.165) is 23.8 Å². The number of benzene rings is 3. The number of carbonyl (C=O) groups is 4. The number of rotatable bonds is 15. The molecule has 0 spiro atoms. The van der Waals surface area contributed by atoms with Crippen LogP contribution in [0, 0.1) is 5.82 Å². The van der Waals surface area contributed by atoms with E-state index in [-0.39, 0.29) is 36.4 Å². The van der Waals surface area contributed by atoms with Crippen molar-refractivity contribution in [1.29, 1.82) is 0 Å². The van der Waals surface area contributed by atoms with Crippen molar-refractivity contribution >= 4 is 23.9 Å². The molecule has 2 aliphatic heterocycles. The highest BCUT2D eigenvalue weighted by Gasteiger charge is 2.41. The summed E-state index contributed by atoms with van der Waals surface area (Å²) in [5, 5.41) is 5.68. The van der Waals surface area contributed by atoms with Crippen molar-refractivity contribution in [3.8, 4) is 0 Å². The van der Waals surface area contributed by atoms with E-state index in [4.69, 9.17) is 9.47 Å². The zero-order valence-corrected chi connectivity index (χ0v) is 35.2. The minimum atomic E-state index is -4.86. The van der Waals surface area contributed by atoms with E-state index in [0.29, 0.717) is 69.1 Å². The number of carbonyl (C=O) groups excluding carboxylic acids is 4. The number of halogens is 4. The Hall–Kier alpha value is -5.90. The first-order valence-corrected chi connectivity index (χ1v) is 20.2. The molecule has 1 fully saturated rings. The fourth-order valence-electron chi connectivity index (χ4n) is 7.29. The number of ether oxygens (including phenoxy) is 2. The lowest BCUT2D eigenvalue weighted by atomic mass is 10.0. The van der Waals surface area contributed by atoms with Gasteiger partial charge in [0.1, 0.15) is 22.9 Å². The molecular formula is C45H54F4N6O6. The van der Waals surface area contributed by atoms with Gasteiger partial charge in [-0.05, 0) is 76.4 Å². The van der Waals surface area contributed by atoms with Crippen LogP contribution in [0.1, 0.15) is 86.1 Å². The van der Waals surface area contributed by atoms with Crippen LogP contribution in [0.4, 0.5) is 22.4 Å². The number of amides is 3. The van der Waals surface area contributed by atoms with E-state index in [1.54, 1.807) is 83.1 Å². The highest BCUT2D eigenvalue weighted by Crippen LogP contribution is 2.38. The maximum absolute atomic E-state index is 15.4. The van der Waals surface area contributed by atoms with Crippen LogP contribution >= 0.6 is 0 Å². The number of hydrogen-bond acceptors (Lipinski definition) is 9. The fraction of sp³-hybridized carbons (Fsp3) is 0.422. The molecule has 61 heavy (non-hydrogen) atoms. The molecule has 3 aromatic carbocycles. The third kappa shape index (κ3) is 12.3. The van der Waals surface area contributed by atoms with Crippen molar-refractivity contribution in [2.75, 3.05) is 45.9 Å². The van der Waals surface area contributed by atoms with Gasteiger partial charge in [0, 0.05) is 62.5 Å². The second kappa shape index (κ2) is 20.1. The molecule has 1 atom stereocenters. The minimum absolute atomic E-state index is 0.0103. The molecule has 328 valence electrons. The lowest BCUT2D eigenvalue weighted by Crippen LogP contribution is -2.54. The summed E-state index contributed by atoms with van der Waals surface area (Å²) in [5.74, 6) is -2.11. The molecule has 0 unspecified atom stereocenters. The molecule has 1 saturated heterocycles. The summed E-state index contributed by atoms with van der Waals surface area (Å²) in [5.41, 5.74) is -0.0752. The van der Waals surface area contributed by atoms with Crippen molar-refractivity contribution in [2.24, 2.45) is 0 Å². The molecule has 0 saturated carbocycles. The SMILES string of the molecule is C=C1N(C[C@H](NC(=O)OC(C)(C)C)c2ccccc2)C(=O)C(N2CCN(Cc3cccc(C(=O)NCCCC(=O)OCC)c3)CC2)=C(C)N1Cc1c(F)cccc1C(F)(F)F. The third-order valence-electron chi connectivity index (χ3n) is 10.2. The first-order chi connectivity index (χ1) is 28.9. The van der Waals surface area contributed by atoms with Gasteiger partial charge in [-0.2, -0.15) is 13.2 Å². The monoisotopic (exact) mass is 850 g/mol. The van der Waals surface area contributed by atoms with E-state index in [1.807, 2.05) is 11.0 Å². The second-order valence-electron chi connectivity index (χ2n) is 15.9. The molecule has 0 bridgehead atoms. The number of hydrogen-bond donors (Lipinski definition) is 2. The normalized spacial score (nSPS) is 15.8. The molecule has 2 aliphatic rings. The zero-order valence-electron chi connectivity index (χ0n) is 35.2. The van der Waals surface area contributed by atoms with E-state index in [1.165, 1.54) is 9.80 Å². The Morgan fingerprint density at radius 1 is 0.902 bits per heavy atom. The Morgan fingerprint density at radius 2 is 1.59 bits per heavy atom. The van der Waals surface area contributed by atoms with E-state index in [9.17, 15) is 32.3 Å². The second-order valence-corrected chi connectivity index (χ2v) is 15.9. The molecule has 12 nitrogen and oxygen atoms in total. The van der Waals surface area contributed by atoms with E-state index in [2.05, 4.69) is 22.1 Å². The van der Waals surface area contributed by atoms with Gasteiger partial charge in [-0.25, -0.2) is 9.18 Å². The Balaban J connectivity index is 1.38. The number of nitrogens with one attached hydrogen (secondary N) is 2. The Labute approximate surface area is 354 Å². The molecule has 16 heteroatoms. The van der Waals surface area contributed by atoms with Crippen LogP contribution in [0.2, 0.25) is 0 Å². The van der Waals surface area contributed by atoms with Crippen LogP contribution in [-0.2, 0) is 38.3 Å². The lowest BCUT2D eigenvalue weighted by molar-refractivity contribution is -0.143. The number of nitrogens with zero attached hydrogens (tertiary/aromatic N) is 4. The minimum Gasteiger partial charge on any atom is -0.466 e. The summed E-state index contributed by atoms with van der Waals surface area (Å²) in [6, 6.07) is 18.0. The largest absolute Gasteiger partial charge is 0.466 e. The van der Waals surface area contributed by atoms with Crippen molar-refractivity contribution < 1.29 is 46.2 Å². The molecule has 3 aromatic rings. The quantitative estimate of drug-likeness (QED) is 0.0919. The predicted molar refractivity (Wildman–Crippen MR) is 221 cm³/mol. The molecular weight excluding hydrogens is 797 g/mol. The summed E-state index contributed by atoms with van der Waals surface area (Å²) < 4.78 is 68.6. The van der Waals surface area contributed by atoms with Crippen LogP contribution in [0.15, 0.2) is 96.6 Å². The summed E-state index contributed by atoms with van der Waals surface area (Å²) in [7, 11) is 0. The number of piperazine rings is 1. The summed E-state index contributed by atoms with van der Waals surface area (Å²) in [4.78, 5) is 59.1. The smallest absolute Gasteiger partial charge is 0.416 e. The van der Waals surface area contributed by atoms with Crippen LogP contribution in [-0.4, -0.2) is 95.0 Å². The third-order valence-corrected chi connectivity index (χ3v) is 10.2. The molecule has 2 N–H and O–H groups in total. The summed E-state index contributed by atoms with van der Waals surface area (Å²) in [6.07, 6.45) is -4.94. The van der Waals surface area contributed by atoms with Crippen LogP contribution in [0.5, 0.6) is 0 Å². The van der Waals surface area contributed by atoms with E-state index < -0.39 is 53.3 Å². The van der Waals surface area contributed by atoms with Crippen molar-refractivity contribution in [3.05, 3.63) is 130 Å². The molecule has 0 aliphatic carbocycles. The van der Waals surface area contributed by atoms with Crippen LogP contribution in [0.3, 0.4) is 0 Å². The standard InChI is InChI=1S/C45H54F4N6O6/c1-7-60-39(56)20-13-21-50-41(57)34-17-11-14-32(26-34)27-52-22-24-53(25-23-52)40-30(2)54(28-35-36(45(47,48)49)18-12-19-37(35)46)31(3)55(42(40)58)29-38(33-15-9-8-10-16-33)51-43(59)61-44(4,5)6/h8-12,14-19,26,38H,3,7,13,20-25,27-29H2,1-2,4-6H3,(H,50,57)(H,51,59)/t38-/m0/s1. The number of alkyl carbamates (subject to hydrolysis) is 1.